The number of carbonyl (C=O) groups is 2. The molecule has 2 amide bonds. The number of nitrogens with one attached hydrogen (secondary N) is 1. The first-order valence-corrected chi connectivity index (χ1v) is 10.8. The van der Waals surface area contributed by atoms with Gasteiger partial charge in [0.25, 0.3) is 0 Å². The Morgan fingerprint density at radius 1 is 1.26 bits per heavy atom. The monoisotopic (exact) mass is 382 g/mol. The van der Waals surface area contributed by atoms with Crippen LogP contribution in [0.15, 0.2) is 41.8 Å². The predicted molar refractivity (Wildman–Crippen MR) is 108 cm³/mol. The van der Waals surface area contributed by atoms with Crippen LogP contribution in [0.2, 0.25) is 0 Å². The van der Waals surface area contributed by atoms with E-state index in [4.69, 9.17) is 0 Å². The number of rotatable bonds is 7. The minimum Gasteiger partial charge on any atom is -0.344 e. The smallest absolute Gasteiger partial charge is 0.226 e. The number of hydrogen-bond acceptors (Lipinski definition) is 3. The molecule has 1 aromatic carbocycles. The highest BCUT2D eigenvalue weighted by Crippen LogP contribution is 2.33. The van der Waals surface area contributed by atoms with E-state index in [0.29, 0.717) is 19.0 Å². The maximum absolute atomic E-state index is 12.9. The molecule has 1 aromatic heterocycles. The Kier molecular flexibility index (Phi) is 5.30. The molecule has 0 bridgehead atoms. The lowest BCUT2D eigenvalue weighted by Gasteiger charge is -2.21. The van der Waals surface area contributed by atoms with E-state index in [1.54, 1.807) is 11.3 Å². The van der Waals surface area contributed by atoms with Gasteiger partial charge in [0.2, 0.25) is 11.8 Å². The first-order chi connectivity index (χ1) is 13.2. The molecule has 27 heavy (non-hydrogen) atoms. The van der Waals surface area contributed by atoms with Crippen molar-refractivity contribution in [3.8, 4) is 0 Å². The van der Waals surface area contributed by atoms with Crippen molar-refractivity contribution in [2.45, 2.75) is 51.1 Å². The molecule has 2 aliphatic rings. The molecular weight excluding hydrogens is 356 g/mol. The Morgan fingerprint density at radius 3 is 2.67 bits per heavy atom. The van der Waals surface area contributed by atoms with Gasteiger partial charge in [0.1, 0.15) is 0 Å². The van der Waals surface area contributed by atoms with Crippen molar-refractivity contribution in [2.24, 2.45) is 5.92 Å². The van der Waals surface area contributed by atoms with Crippen molar-refractivity contribution in [3.63, 3.8) is 0 Å². The van der Waals surface area contributed by atoms with E-state index in [2.05, 4.69) is 42.6 Å². The van der Waals surface area contributed by atoms with Crippen molar-refractivity contribution in [1.29, 1.82) is 0 Å². The molecule has 1 saturated carbocycles. The van der Waals surface area contributed by atoms with Crippen LogP contribution < -0.4 is 5.32 Å². The Bertz CT molecular complexity index is 796. The third kappa shape index (κ3) is 4.08. The summed E-state index contributed by atoms with van der Waals surface area (Å²) in [6.07, 6.45) is 4.70. The van der Waals surface area contributed by atoms with Crippen LogP contribution in [0.5, 0.6) is 0 Å². The SMILES string of the molecule is CCCc1ccc([C@H](NC(=O)[C@H]2CC(=O)N(C3CC3)C2)c2cccs2)cc1. The number of hydrogen-bond donors (Lipinski definition) is 1. The van der Waals surface area contributed by atoms with Crippen LogP contribution in [0.4, 0.5) is 0 Å². The van der Waals surface area contributed by atoms with Crippen LogP contribution >= 0.6 is 11.3 Å². The molecule has 1 aliphatic heterocycles. The minimum atomic E-state index is -0.236. The summed E-state index contributed by atoms with van der Waals surface area (Å²) < 4.78 is 0. The largest absolute Gasteiger partial charge is 0.344 e. The number of amides is 2. The van der Waals surface area contributed by atoms with Crippen LogP contribution in [0.25, 0.3) is 0 Å². The normalized spacial score (nSPS) is 20.7. The van der Waals surface area contributed by atoms with E-state index in [1.807, 2.05) is 16.3 Å². The summed E-state index contributed by atoms with van der Waals surface area (Å²) in [6, 6.07) is 12.8. The fourth-order valence-electron chi connectivity index (χ4n) is 3.85. The molecule has 1 N–H and O–H groups in total. The lowest BCUT2D eigenvalue weighted by atomic mass is 10.0. The van der Waals surface area contributed by atoms with Gasteiger partial charge in [0.05, 0.1) is 12.0 Å². The number of benzene rings is 1. The zero-order chi connectivity index (χ0) is 18.8. The summed E-state index contributed by atoms with van der Waals surface area (Å²) in [5.41, 5.74) is 2.41. The molecule has 2 aromatic rings. The molecule has 0 spiro atoms. The van der Waals surface area contributed by atoms with E-state index in [0.717, 1.165) is 36.1 Å². The zero-order valence-corrected chi connectivity index (χ0v) is 16.5. The van der Waals surface area contributed by atoms with Crippen molar-refractivity contribution in [1.82, 2.24) is 10.2 Å². The van der Waals surface area contributed by atoms with E-state index < -0.39 is 0 Å². The average molecular weight is 383 g/mol. The molecule has 5 heteroatoms. The molecule has 2 atom stereocenters. The van der Waals surface area contributed by atoms with Crippen LogP contribution in [0.1, 0.15) is 54.7 Å². The quantitative estimate of drug-likeness (QED) is 0.789. The molecule has 4 nitrogen and oxygen atoms in total. The Balaban J connectivity index is 1.50. The van der Waals surface area contributed by atoms with Gasteiger partial charge in [-0.2, -0.15) is 0 Å². The minimum absolute atomic E-state index is 0.0115. The summed E-state index contributed by atoms with van der Waals surface area (Å²) in [5, 5.41) is 5.26. The number of thiophene rings is 1. The predicted octanol–water partition coefficient (Wildman–Crippen LogP) is 3.92. The van der Waals surface area contributed by atoms with Gasteiger partial charge in [-0.1, -0.05) is 43.7 Å². The van der Waals surface area contributed by atoms with Gasteiger partial charge in [0.15, 0.2) is 0 Å². The lowest BCUT2D eigenvalue weighted by Crippen LogP contribution is -2.36. The number of carbonyl (C=O) groups excluding carboxylic acids is 2. The average Bonchev–Trinajstić information content (AvgIpc) is 3.21. The summed E-state index contributed by atoms with van der Waals surface area (Å²) in [5.74, 6) is -0.114. The first-order valence-electron chi connectivity index (χ1n) is 9.87. The highest BCUT2D eigenvalue weighted by molar-refractivity contribution is 7.10. The topological polar surface area (TPSA) is 49.4 Å². The molecular formula is C22H26N2O2S. The molecule has 2 heterocycles. The maximum Gasteiger partial charge on any atom is 0.226 e. The Labute approximate surface area is 164 Å². The molecule has 142 valence electrons. The summed E-state index contributed by atoms with van der Waals surface area (Å²) >= 11 is 1.65. The third-order valence-corrected chi connectivity index (χ3v) is 6.42. The Morgan fingerprint density at radius 2 is 2.04 bits per heavy atom. The van der Waals surface area contributed by atoms with Crippen LogP contribution in [0, 0.1) is 5.92 Å². The molecule has 0 unspecified atom stereocenters. The second kappa shape index (κ2) is 7.85. The highest BCUT2D eigenvalue weighted by Gasteiger charge is 2.42. The van der Waals surface area contributed by atoms with Crippen molar-refractivity contribution in [2.75, 3.05) is 6.54 Å². The van der Waals surface area contributed by atoms with E-state index in [9.17, 15) is 9.59 Å². The van der Waals surface area contributed by atoms with Gasteiger partial charge in [-0.15, -0.1) is 11.3 Å². The zero-order valence-electron chi connectivity index (χ0n) is 15.7. The fourth-order valence-corrected chi connectivity index (χ4v) is 4.65. The third-order valence-electron chi connectivity index (χ3n) is 5.48. The second-order valence-electron chi connectivity index (χ2n) is 7.63. The molecule has 2 fully saturated rings. The number of nitrogens with zero attached hydrogens (tertiary/aromatic N) is 1. The van der Waals surface area contributed by atoms with E-state index >= 15 is 0 Å². The number of likely N-dealkylation sites (tertiary alicyclic amines) is 1. The van der Waals surface area contributed by atoms with Crippen molar-refractivity contribution >= 4 is 23.2 Å². The summed E-state index contributed by atoms with van der Waals surface area (Å²) in [4.78, 5) is 28.2. The van der Waals surface area contributed by atoms with Crippen LogP contribution in [0.3, 0.4) is 0 Å². The molecule has 4 rings (SSSR count). The van der Waals surface area contributed by atoms with Gasteiger partial charge in [-0.05, 0) is 41.8 Å². The van der Waals surface area contributed by atoms with E-state index in [-0.39, 0.29) is 23.8 Å². The van der Waals surface area contributed by atoms with Gasteiger partial charge in [0, 0.05) is 23.9 Å². The molecule has 1 aliphatic carbocycles. The van der Waals surface area contributed by atoms with Crippen LogP contribution in [-0.4, -0.2) is 29.3 Å². The lowest BCUT2D eigenvalue weighted by molar-refractivity contribution is -0.129. The molecule has 0 radical (unpaired) electrons. The standard InChI is InChI=1S/C22H26N2O2S/c1-2-4-15-6-8-16(9-7-15)21(19-5-3-12-27-19)23-22(26)17-13-20(25)24(14-17)18-10-11-18/h3,5-9,12,17-18,21H,2,4,10-11,13-14H2,1H3,(H,23,26)/t17-,21-/m0/s1. The van der Waals surface area contributed by atoms with Gasteiger partial charge < -0.3 is 10.2 Å². The van der Waals surface area contributed by atoms with Crippen LogP contribution in [-0.2, 0) is 16.0 Å². The number of aryl methyl sites for hydroxylation is 1. The van der Waals surface area contributed by atoms with Crippen molar-refractivity contribution in [3.05, 3.63) is 57.8 Å². The fraction of sp³-hybridized carbons (Fsp3) is 0.455. The van der Waals surface area contributed by atoms with Gasteiger partial charge in [-0.25, -0.2) is 0 Å². The maximum atomic E-state index is 12.9. The van der Waals surface area contributed by atoms with Crippen molar-refractivity contribution < 1.29 is 9.59 Å². The van der Waals surface area contributed by atoms with Gasteiger partial charge >= 0.3 is 0 Å². The van der Waals surface area contributed by atoms with E-state index in [1.165, 1.54) is 5.56 Å². The highest BCUT2D eigenvalue weighted by atomic mass is 32.1. The second-order valence-corrected chi connectivity index (χ2v) is 8.61. The molecule has 1 saturated heterocycles. The van der Waals surface area contributed by atoms with Gasteiger partial charge in [-0.3, -0.25) is 9.59 Å². The summed E-state index contributed by atoms with van der Waals surface area (Å²) in [7, 11) is 0. The summed E-state index contributed by atoms with van der Waals surface area (Å²) in [6.45, 7) is 2.75. The first kappa shape index (κ1) is 18.2. The Hall–Kier alpha value is -2.14.